The van der Waals surface area contributed by atoms with E-state index in [0.717, 1.165) is 0 Å². The second-order valence-corrected chi connectivity index (χ2v) is 1.95. The highest BCUT2D eigenvalue weighted by atomic mass is 16.1. The topological polar surface area (TPSA) is 47.0 Å². The number of aromatic nitrogens is 1. The summed E-state index contributed by atoms with van der Waals surface area (Å²) in [6.45, 7) is 0. The summed E-state index contributed by atoms with van der Waals surface area (Å²) in [5, 5.41) is 0. The molecular weight excluding hydrogens is 154 g/mol. The number of hydrogen-bond donors (Lipinski definition) is 0. The van der Waals surface area contributed by atoms with E-state index in [1.54, 1.807) is 18.2 Å². The lowest BCUT2D eigenvalue weighted by atomic mass is 10.3. The predicted octanol–water partition coefficient (Wildman–Crippen LogP) is 0.444. The minimum atomic E-state index is 0.313. The first-order valence-corrected chi connectivity index (χ1v) is 3.24. The van der Waals surface area contributed by atoms with E-state index in [0.29, 0.717) is 24.0 Å². The molecule has 1 heterocycles. The lowest BCUT2D eigenvalue weighted by Crippen LogP contribution is -1.88. The Morgan fingerprint density at radius 3 is 2.83 bits per heavy atom. The molecule has 1 aromatic rings. The zero-order valence-corrected chi connectivity index (χ0v) is 6.15. The van der Waals surface area contributed by atoms with Crippen molar-refractivity contribution < 1.29 is 9.59 Å². The van der Waals surface area contributed by atoms with E-state index in [9.17, 15) is 9.59 Å². The van der Waals surface area contributed by atoms with E-state index in [1.807, 2.05) is 0 Å². The van der Waals surface area contributed by atoms with Crippen LogP contribution in [0.1, 0.15) is 16.2 Å². The fraction of sp³-hybridized carbons (Fsp3) is 0. The van der Waals surface area contributed by atoms with Crippen molar-refractivity contribution in [2.24, 2.45) is 0 Å². The standard InChI is InChI=1S/C9H5NO2/c11-6-2-5-8-3-1-4-9(7-12)10-8/h1,3-4,6-7H. The molecule has 0 aliphatic heterocycles. The van der Waals surface area contributed by atoms with Gasteiger partial charge < -0.3 is 0 Å². The van der Waals surface area contributed by atoms with Crippen LogP contribution in [-0.2, 0) is 4.79 Å². The molecule has 0 aliphatic rings. The Labute approximate surface area is 69.4 Å². The summed E-state index contributed by atoms with van der Waals surface area (Å²) >= 11 is 0. The molecule has 58 valence electrons. The maximum Gasteiger partial charge on any atom is 0.193 e. The largest absolute Gasteiger partial charge is 0.296 e. The average Bonchev–Trinajstić information content (AvgIpc) is 2.15. The van der Waals surface area contributed by atoms with Crippen molar-refractivity contribution in [2.45, 2.75) is 0 Å². The van der Waals surface area contributed by atoms with Gasteiger partial charge in [-0.05, 0) is 24.0 Å². The van der Waals surface area contributed by atoms with Gasteiger partial charge in [0, 0.05) is 0 Å². The van der Waals surface area contributed by atoms with Gasteiger partial charge in [0.15, 0.2) is 12.6 Å². The molecule has 0 amide bonds. The predicted molar refractivity (Wildman–Crippen MR) is 42.6 cm³/mol. The van der Waals surface area contributed by atoms with Crippen LogP contribution in [0.2, 0.25) is 0 Å². The summed E-state index contributed by atoms with van der Waals surface area (Å²) in [7, 11) is 0. The molecule has 0 fully saturated rings. The molecule has 0 saturated carbocycles. The van der Waals surface area contributed by atoms with E-state index in [2.05, 4.69) is 16.8 Å². The van der Waals surface area contributed by atoms with Crippen molar-refractivity contribution in [1.29, 1.82) is 0 Å². The van der Waals surface area contributed by atoms with Gasteiger partial charge in [0.25, 0.3) is 0 Å². The molecule has 1 rings (SSSR count). The van der Waals surface area contributed by atoms with Crippen molar-refractivity contribution in [2.75, 3.05) is 0 Å². The molecule has 0 aliphatic carbocycles. The fourth-order valence-corrected chi connectivity index (χ4v) is 0.690. The Bertz CT molecular complexity index is 360. The van der Waals surface area contributed by atoms with Crippen LogP contribution in [0.15, 0.2) is 18.2 Å². The zero-order valence-electron chi connectivity index (χ0n) is 6.15. The van der Waals surface area contributed by atoms with E-state index >= 15 is 0 Å². The molecule has 0 aromatic carbocycles. The highest BCUT2D eigenvalue weighted by molar-refractivity contribution is 5.74. The van der Waals surface area contributed by atoms with Crippen molar-refractivity contribution in [1.82, 2.24) is 4.98 Å². The van der Waals surface area contributed by atoms with Crippen LogP contribution < -0.4 is 0 Å². The summed E-state index contributed by atoms with van der Waals surface area (Å²) in [5.74, 6) is 4.69. The number of pyridine rings is 1. The lowest BCUT2D eigenvalue weighted by molar-refractivity contribution is -0.103. The first-order chi connectivity index (χ1) is 5.86. The van der Waals surface area contributed by atoms with Gasteiger partial charge in [-0.25, -0.2) is 4.98 Å². The quantitative estimate of drug-likeness (QED) is 0.441. The van der Waals surface area contributed by atoms with Crippen molar-refractivity contribution in [3.8, 4) is 11.8 Å². The van der Waals surface area contributed by atoms with Gasteiger partial charge in [0.2, 0.25) is 0 Å². The number of rotatable bonds is 1. The fourth-order valence-electron chi connectivity index (χ4n) is 0.690. The Morgan fingerprint density at radius 2 is 2.17 bits per heavy atom. The van der Waals surface area contributed by atoms with Gasteiger partial charge in [-0.1, -0.05) is 6.07 Å². The van der Waals surface area contributed by atoms with Crippen molar-refractivity contribution in [3.63, 3.8) is 0 Å². The minimum absolute atomic E-state index is 0.313. The van der Waals surface area contributed by atoms with Crippen molar-refractivity contribution >= 4 is 12.6 Å². The SMILES string of the molecule is O=CC#Cc1cccc(C=O)n1. The van der Waals surface area contributed by atoms with Gasteiger partial charge in [0.1, 0.15) is 11.4 Å². The molecule has 0 bridgehead atoms. The number of nitrogens with zero attached hydrogens (tertiary/aromatic N) is 1. The van der Waals surface area contributed by atoms with E-state index < -0.39 is 0 Å². The Kier molecular flexibility index (Phi) is 2.74. The van der Waals surface area contributed by atoms with Crippen molar-refractivity contribution in [3.05, 3.63) is 29.6 Å². The first-order valence-electron chi connectivity index (χ1n) is 3.24. The van der Waals surface area contributed by atoms with Crippen LogP contribution in [0.5, 0.6) is 0 Å². The van der Waals surface area contributed by atoms with Crippen LogP contribution >= 0.6 is 0 Å². The highest BCUT2D eigenvalue weighted by Gasteiger charge is 1.91. The summed E-state index contributed by atoms with van der Waals surface area (Å²) in [6.07, 6.45) is 1.11. The molecule has 0 atom stereocenters. The number of aldehydes is 2. The van der Waals surface area contributed by atoms with Gasteiger partial charge >= 0.3 is 0 Å². The monoisotopic (exact) mass is 159 g/mol. The van der Waals surface area contributed by atoms with Gasteiger partial charge in [0.05, 0.1) is 0 Å². The van der Waals surface area contributed by atoms with Crippen LogP contribution in [0, 0.1) is 11.8 Å². The molecule has 1 aromatic heterocycles. The maximum absolute atomic E-state index is 10.3. The molecule has 0 saturated heterocycles. The molecule has 12 heavy (non-hydrogen) atoms. The highest BCUT2D eigenvalue weighted by Crippen LogP contribution is 1.94. The normalized spacial score (nSPS) is 8.00. The second kappa shape index (κ2) is 4.04. The molecule has 0 radical (unpaired) electrons. The molecule has 0 unspecified atom stereocenters. The summed E-state index contributed by atoms with van der Waals surface area (Å²) in [6, 6.07) is 4.86. The lowest BCUT2D eigenvalue weighted by Gasteiger charge is -1.89. The number of carbonyl (C=O) groups is 2. The molecule has 3 nitrogen and oxygen atoms in total. The summed E-state index contributed by atoms with van der Waals surface area (Å²) in [5.41, 5.74) is 0.736. The summed E-state index contributed by atoms with van der Waals surface area (Å²) in [4.78, 5) is 23.9. The minimum Gasteiger partial charge on any atom is -0.296 e. The van der Waals surface area contributed by atoms with Crippen LogP contribution in [0.3, 0.4) is 0 Å². The summed E-state index contributed by atoms with van der Waals surface area (Å²) < 4.78 is 0. The average molecular weight is 159 g/mol. The third-order valence-electron chi connectivity index (χ3n) is 1.15. The Balaban J connectivity index is 3.01. The zero-order chi connectivity index (χ0) is 8.81. The number of hydrogen-bond acceptors (Lipinski definition) is 3. The Hall–Kier alpha value is -1.95. The Morgan fingerprint density at radius 1 is 1.33 bits per heavy atom. The second-order valence-electron chi connectivity index (χ2n) is 1.95. The third-order valence-corrected chi connectivity index (χ3v) is 1.15. The van der Waals surface area contributed by atoms with Crippen LogP contribution in [0.4, 0.5) is 0 Å². The molecule has 0 N–H and O–H groups in total. The molecule has 3 heteroatoms. The van der Waals surface area contributed by atoms with Crippen LogP contribution in [0.25, 0.3) is 0 Å². The number of carbonyl (C=O) groups excluding carboxylic acids is 2. The van der Waals surface area contributed by atoms with E-state index in [-0.39, 0.29) is 0 Å². The molecular formula is C9H5NO2. The maximum atomic E-state index is 10.3. The van der Waals surface area contributed by atoms with E-state index in [1.165, 1.54) is 0 Å². The third kappa shape index (κ3) is 2.03. The van der Waals surface area contributed by atoms with Gasteiger partial charge in [-0.2, -0.15) is 0 Å². The smallest absolute Gasteiger partial charge is 0.193 e. The van der Waals surface area contributed by atoms with E-state index in [4.69, 9.17) is 0 Å². The van der Waals surface area contributed by atoms with Gasteiger partial charge in [-0.15, -0.1) is 0 Å². The van der Waals surface area contributed by atoms with Crippen LogP contribution in [-0.4, -0.2) is 17.6 Å². The first kappa shape index (κ1) is 8.15. The van der Waals surface area contributed by atoms with Gasteiger partial charge in [-0.3, -0.25) is 9.59 Å². The molecule has 0 spiro atoms.